The van der Waals surface area contributed by atoms with Gasteiger partial charge in [0.05, 0.1) is 6.61 Å². The van der Waals surface area contributed by atoms with E-state index in [2.05, 4.69) is 9.97 Å². The number of ether oxygens (including phenoxy) is 1. The molecule has 1 atom stereocenters. The maximum absolute atomic E-state index is 6.28. The molecule has 0 spiro atoms. The largest absolute Gasteiger partial charge is 0.365 e. The number of aromatic nitrogens is 2. The van der Waals surface area contributed by atoms with Crippen molar-refractivity contribution in [1.29, 1.82) is 0 Å². The number of imidazole rings is 1. The van der Waals surface area contributed by atoms with Crippen LogP contribution < -0.4 is 0 Å². The van der Waals surface area contributed by atoms with E-state index >= 15 is 0 Å². The Labute approximate surface area is 155 Å². The molecule has 1 N–H and O–H groups in total. The Morgan fingerprint density at radius 3 is 2.42 bits per heavy atom. The molecule has 3 aromatic rings. The first-order valence-corrected chi connectivity index (χ1v) is 8.54. The fourth-order valence-corrected chi connectivity index (χ4v) is 2.96. The number of aromatic amines is 1. The van der Waals surface area contributed by atoms with Gasteiger partial charge >= 0.3 is 0 Å². The summed E-state index contributed by atoms with van der Waals surface area (Å²) >= 11 is 18.2. The van der Waals surface area contributed by atoms with Gasteiger partial charge < -0.3 is 9.72 Å². The molecule has 1 heterocycles. The first kappa shape index (κ1) is 17.3. The van der Waals surface area contributed by atoms with Crippen LogP contribution in [-0.4, -0.2) is 9.97 Å². The number of nitrogens with zero attached hydrogens (tertiary/aromatic N) is 1. The average Bonchev–Trinajstić information content (AvgIpc) is 3.09. The summed E-state index contributed by atoms with van der Waals surface area (Å²) < 4.78 is 6.07. The Hall–Kier alpha value is -1.52. The van der Waals surface area contributed by atoms with Crippen LogP contribution in [0.25, 0.3) is 0 Å². The van der Waals surface area contributed by atoms with Crippen LogP contribution in [0.3, 0.4) is 0 Å². The van der Waals surface area contributed by atoms with E-state index in [0.717, 1.165) is 17.0 Å². The summed E-state index contributed by atoms with van der Waals surface area (Å²) in [5.41, 5.74) is 2.00. The Bertz CT molecular complexity index is 789. The van der Waals surface area contributed by atoms with Crippen LogP contribution >= 0.6 is 34.8 Å². The summed E-state index contributed by atoms with van der Waals surface area (Å²) in [4.78, 5) is 7.42. The van der Waals surface area contributed by atoms with E-state index in [0.29, 0.717) is 28.1 Å². The van der Waals surface area contributed by atoms with E-state index in [9.17, 15) is 0 Å². The highest BCUT2D eigenvalue weighted by Gasteiger charge is 2.17. The van der Waals surface area contributed by atoms with Crippen molar-refractivity contribution in [3.05, 3.63) is 86.9 Å². The van der Waals surface area contributed by atoms with Crippen LogP contribution in [0.15, 0.2) is 54.9 Å². The first-order valence-electron chi connectivity index (χ1n) is 7.41. The minimum atomic E-state index is -0.241. The third kappa shape index (κ3) is 4.52. The van der Waals surface area contributed by atoms with Gasteiger partial charge in [-0.3, -0.25) is 0 Å². The molecule has 0 aliphatic carbocycles. The van der Waals surface area contributed by atoms with Crippen molar-refractivity contribution in [1.82, 2.24) is 9.97 Å². The second-order valence-corrected chi connectivity index (χ2v) is 6.62. The zero-order chi connectivity index (χ0) is 16.9. The lowest BCUT2D eigenvalue weighted by atomic mass is 10.1. The van der Waals surface area contributed by atoms with E-state index in [4.69, 9.17) is 39.5 Å². The van der Waals surface area contributed by atoms with Crippen molar-refractivity contribution >= 4 is 34.8 Å². The Morgan fingerprint density at radius 2 is 1.75 bits per heavy atom. The van der Waals surface area contributed by atoms with Crippen molar-refractivity contribution in [2.45, 2.75) is 19.1 Å². The molecule has 1 unspecified atom stereocenters. The van der Waals surface area contributed by atoms with Crippen molar-refractivity contribution in [3.8, 4) is 0 Å². The van der Waals surface area contributed by atoms with Gasteiger partial charge in [0.1, 0.15) is 11.9 Å². The Kier molecular flexibility index (Phi) is 5.80. The summed E-state index contributed by atoms with van der Waals surface area (Å²) in [6.07, 6.45) is 3.83. The molecule has 0 radical (unpaired) electrons. The molecule has 2 aromatic carbocycles. The Balaban J connectivity index is 1.75. The molecular formula is C18H15Cl3N2O. The summed E-state index contributed by atoms with van der Waals surface area (Å²) in [5.74, 6) is 0.759. The molecule has 0 amide bonds. The van der Waals surface area contributed by atoms with Gasteiger partial charge in [0.25, 0.3) is 0 Å². The van der Waals surface area contributed by atoms with E-state index in [1.807, 2.05) is 36.4 Å². The van der Waals surface area contributed by atoms with E-state index in [-0.39, 0.29) is 6.10 Å². The molecule has 0 saturated carbocycles. The fraction of sp³-hybridized carbons (Fsp3) is 0.167. The number of benzene rings is 2. The quantitative estimate of drug-likeness (QED) is 0.580. The van der Waals surface area contributed by atoms with Crippen LogP contribution in [0.4, 0.5) is 0 Å². The maximum atomic E-state index is 6.28. The monoisotopic (exact) mass is 380 g/mol. The summed E-state index contributed by atoms with van der Waals surface area (Å²) in [7, 11) is 0. The minimum Gasteiger partial charge on any atom is -0.365 e. The van der Waals surface area contributed by atoms with Crippen molar-refractivity contribution in [2.24, 2.45) is 0 Å². The molecule has 6 heteroatoms. The molecule has 124 valence electrons. The third-order valence-electron chi connectivity index (χ3n) is 3.61. The van der Waals surface area contributed by atoms with Crippen molar-refractivity contribution in [2.75, 3.05) is 0 Å². The number of halogens is 3. The molecule has 3 rings (SSSR count). The predicted molar refractivity (Wildman–Crippen MR) is 97.7 cm³/mol. The molecule has 0 fully saturated rings. The molecule has 1 aromatic heterocycles. The van der Waals surface area contributed by atoms with E-state index in [1.54, 1.807) is 18.5 Å². The standard InChI is InChI=1S/C18H15Cl3N2O/c19-14-4-1-12(2-5-14)11-24-17(18-22-7-8-23-18)9-13-3-6-15(20)10-16(13)21/h1-8,10,17H,9,11H2,(H,22,23). The molecule has 0 aliphatic rings. The number of hydrogen-bond acceptors (Lipinski definition) is 2. The lowest BCUT2D eigenvalue weighted by Crippen LogP contribution is -2.10. The van der Waals surface area contributed by atoms with Gasteiger partial charge in [0, 0.05) is 33.9 Å². The van der Waals surface area contributed by atoms with Gasteiger partial charge in [0.2, 0.25) is 0 Å². The number of hydrogen-bond donors (Lipinski definition) is 1. The number of nitrogens with one attached hydrogen (secondary N) is 1. The van der Waals surface area contributed by atoms with Gasteiger partial charge in [-0.2, -0.15) is 0 Å². The zero-order valence-electron chi connectivity index (χ0n) is 12.7. The van der Waals surface area contributed by atoms with Crippen LogP contribution in [0, 0.1) is 0 Å². The van der Waals surface area contributed by atoms with Gasteiger partial charge in [-0.1, -0.05) is 53.0 Å². The molecule has 0 bridgehead atoms. The van der Waals surface area contributed by atoms with Crippen LogP contribution in [0.5, 0.6) is 0 Å². The van der Waals surface area contributed by atoms with E-state index < -0.39 is 0 Å². The second kappa shape index (κ2) is 8.04. The van der Waals surface area contributed by atoms with Crippen LogP contribution in [0.1, 0.15) is 23.1 Å². The highest BCUT2D eigenvalue weighted by atomic mass is 35.5. The fourth-order valence-electron chi connectivity index (χ4n) is 2.35. The molecule has 0 saturated heterocycles. The van der Waals surface area contributed by atoms with E-state index in [1.165, 1.54) is 0 Å². The maximum Gasteiger partial charge on any atom is 0.135 e. The van der Waals surface area contributed by atoms with Crippen LogP contribution in [0.2, 0.25) is 15.1 Å². The van der Waals surface area contributed by atoms with Gasteiger partial charge in [0.15, 0.2) is 0 Å². The molecule has 0 aliphatic heterocycles. The van der Waals surface area contributed by atoms with Crippen molar-refractivity contribution in [3.63, 3.8) is 0 Å². The predicted octanol–water partition coefficient (Wildman–Crippen LogP) is 5.87. The number of H-pyrrole nitrogens is 1. The van der Waals surface area contributed by atoms with Crippen molar-refractivity contribution < 1.29 is 4.74 Å². The SMILES string of the molecule is Clc1ccc(COC(Cc2ccc(Cl)cc2Cl)c2ncc[nH]2)cc1. The summed E-state index contributed by atoms with van der Waals surface area (Å²) in [6, 6.07) is 13.0. The lowest BCUT2D eigenvalue weighted by Gasteiger charge is -2.17. The van der Waals surface area contributed by atoms with Gasteiger partial charge in [-0.05, 0) is 35.4 Å². The smallest absolute Gasteiger partial charge is 0.135 e. The molecule has 3 nitrogen and oxygen atoms in total. The summed E-state index contributed by atoms with van der Waals surface area (Å²) in [5, 5.41) is 1.93. The van der Waals surface area contributed by atoms with Crippen LogP contribution in [-0.2, 0) is 17.8 Å². The normalized spacial score (nSPS) is 12.3. The molecule has 24 heavy (non-hydrogen) atoms. The van der Waals surface area contributed by atoms with Gasteiger partial charge in [-0.15, -0.1) is 0 Å². The second-order valence-electron chi connectivity index (χ2n) is 5.34. The highest BCUT2D eigenvalue weighted by Crippen LogP contribution is 2.27. The first-order chi connectivity index (χ1) is 11.6. The molecular weight excluding hydrogens is 367 g/mol. The Morgan fingerprint density at radius 1 is 1.00 bits per heavy atom. The number of rotatable bonds is 6. The topological polar surface area (TPSA) is 37.9 Å². The highest BCUT2D eigenvalue weighted by molar-refractivity contribution is 6.35. The lowest BCUT2D eigenvalue weighted by molar-refractivity contribution is 0.0346. The summed E-state index contributed by atoms with van der Waals surface area (Å²) in [6.45, 7) is 0.452. The average molecular weight is 382 g/mol. The zero-order valence-corrected chi connectivity index (χ0v) is 14.9. The third-order valence-corrected chi connectivity index (χ3v) is 4.45. The van der Waals surface area contributed by atoms with Gasteiger partial charge in [-0.25, -0.2) is 4.98 Å². The minimum absolute atomic E-state index is 0.241.